The number of nitrogens with two attached hydrogens (primary N) is 1. The molecule has 0 spiro atoms. The molecule has 0 amide bonds. The molecular weight excluding hydrogens is 540 g/mol. The summed E-state index contributed by atoms with van der Waals surface area (Å²) < 4.78 is 37.0. The van der Waals surface area contributed by atoms with Gasteiger partial charge >= 0.3 is 5.69 Å². The number of nitrogens with zero attached hydrogens (tertiary/aromatic N) is 4. The second-order valence-corrected chi connectivity index (χ2v) is 10.5. The molecule has 8 nitrogen and oxygen atoms in total. The van der Waals surface area contributed by atoms with Gasteiger partial charge in [-0.2, -0.15) is 0 Å². The van der Waals surface area contributed by atoms with Gasteiger partial charge in [-0.3, -0.25) is 18.8 Å². The third kappa shape index (κ3) is 6.14. The van der Waals surface area contributed by atoms with E-state index < -0.39 is 28.9 Å². The number of hydrogen-bond donors (Lipinski definition) is 1. The van der Waals surface area contributed by atoms with E-state index in [-0.39, 0.29) is 18.7 Å². The van der Waals surface area contributed by atoms with E-state index in [0.717, 1.165) is 40.1 Å². The number of ether oxygens (including phenoxy) is 1. The minimum atomic E-state index is -0.756. The Morgan fingerprint density at radius 3 is 2.10 bits per heavy atom. The molecule has 10 heteroatoms. The van der Waals surface area contributed by atoms with E-state index in [4.69, 9.17) is 10.5 Å². The van der Waals surface area contributed by atoms with Crippen LogP contribution in [0.15, 0.2) is 82.4 Å². The van der Waals surface area contributed by atoms with Crippen molar-refractivity contribution in [2.24, 2.45) is 5.73 Å². The van der Waals surface area contributed by atoms with E-state index in [0.29, 0.717) is 37.6 Å². The average Bonchev–Trinajstić information content (AvgIpc) is 3.00. The van der Waals surface area contributed by atoms with Crippen LogP contribution in [0.4, 0.5) is 14.5 Å². The van der Waals surface area contributed by atoms with Gasteiger partial charge < -0.3 is 15.4 Å². The Bertz CT molecular complexity index is 1630. The van der Waals surface area contributed by atoms with Crippen LogP contribution >= 0.6 is 0 Å². The summed E-state index contributed by atoms with van der Waals surface area (Å²) >= 11 is 0. The fourth-order valence-electron chi connectivity index (χ4n) is 5.46. The molecule has 1 fully saturated rings. The summed E-state index contributed by atoms with van der Waals surface area (Å²) in [5.41, 5.74) is 7.70. The molecule has 2 heterocycles. The predicted octanol–water partition coefficient (Wildman–Crippen LogP) is 3.68. The summed E-state index contributed by atoms with van der Waals surface area (Å²) in [4.78, 5) is 31.9. The molecule has 1 saturated heterocycles. The predicted molar refractivity (Wildman–Crippen MR) is 159 cm³/mol. The first-order chi connectivity index (χ1) is 20.3. The number of benzene rings is 3. The van der Waals surface area contributed by atoms with Gasteiger partial charge in [-0.25, -0.2) is 13.6 Å². The van der Waals surface area contributed by atoms with Gasteiger partial charge in [0.15, 0.2) is 0 Å². The second-order valence-electron chi connectivity index (χ2n) is 10.5. The Labute approximate surface area is 243 Å². The first kappa shape index (κ1) is 29.2. The number of piperazine rings is 1. The average molecular weight is 576 g/mol. The molecule has 0 radical (unpaired) electrons. The highest BCUT2D eigenvalue weighted by atomic mass is 19.1. The molecule has 2 N–H and O–H groups in total. The molecule has 5 rings (SSSR count). The molecule has 42 heavy (non-hydrogen) atoms. The van der Waals surface area contributed by atoms with Gasteiger partial charge in [0, 0.05) is 50.0 Å². The zero-order chi connectivity index (χ0) is 29.8. The molecule has 1 aliphatic heterocycles. The highest BCUT2D eigenvalue weighted by Crippen LogP contribution is 2.21. The molecule has 0 bridgehead atoms. The highest BCUT2D eigenvalue weighted by molar-refractivity contribution is 5.50. The molecule has 4 aromatic rings. The number of methoxy groups -OCH3 is 1. The van der Waals surface area contributed by atoms with Crippen LogP contribution in [-0.2, 0) is 19.6 Å². The number of anilines is 1. The SMILES string of the molecule is COc1ccc(CN2CCN(c3c(C)n(Cc4c(F)cccc4F)c(=O)n(C[C@H](N)c4ccccc4)c3=O)CC2)cc1. The number of rotatable bonds is 9. The monoisotopic (exact) mass is 575 g/mol. The van der Waals surface area contributed by atoms with Crippen molar-refractivity contribution in [2.75, 3.05) is 38.2 Å². The van der Waals surface area contributed by atoms with Crippen molar-refractivity contribution in [2.45, 2.75) is 32.6 Å². The van der Waals surface area contributed by atoms with Crippen LogP contribution in [0.25, 0.3) is 0 Å². The molecule has 1 aromatic heterocycles. The Morgan fingerprint density at radius 1 is 0.833 bits per heavy atom. The van der Waals surface area contributed by atoms with Gasteiger partial charge in [0.25, 0.3) is 5.56 Å². The quantitative estimate of drug-likeness (QED) is 0.328. The van der Waals surface area contributed by atoms with Gasteiger partial charge in [-0.15, -0.1) is 0 Å². The molecule has 0 saturated carbocycles. The van der Waals surface area contributed by atoms with Gasteiger partial charge in [0.05, 0.1) is 20.2 Å². The topological polar surface area (TPSA) is 85.7 Å². The minimum absolute atomic E-state index is 0.0772. The Morgan fingerprint density at radius 2 is 1.48 bits per heavy atom. The van der Waals surface area contributed by atoms with E-state index in [2.05, 4.69) is 4.90 Å². The molecule has 1 aliphatic rings. The maximum absolute atomic E-state index is 14.7. The first-order valence-electron chi connectivity index (χ1n) is 13.9. The Hall–Kier alpha value is -4.28. The summed E-state index contributed by atoms with van der Waals surface area (Å²) in [6.07, 6.45) is 0. The van der Waals surface area contributed by atoms with Crippen LogP contribution in [0.2, 0.25) is 0 Å². The molecule has 1 atom stereocenters. The Balaban J connectivity index is 1.47. The summed E-state index contributed by atoms with van der Waals surface area (Å²) in [5, 5.41) is 0. The number of halogens is 2. The summed E-state index contributed by atoms with van der Waals surface area (Å²) in [7, 11) is 1.63. The van der Waals surface area contributed by atoms with Crippen LogP contribution in [0.5, 0.6) is 5.75 Å². The maximum Gasteiger partial charge on any atom is 0.331 e. The standard InChI is InChI=1S/C32H35F2N5O3/c1-22-30(37-17-15-36(16-18-37)19-23-11-13-25(42-2)14-12-23)31(40)39(21-29(35)24-7-4-3-5-8-24)32(41)38(22)20-26-27(33)9-6-10-28(26)34/h3-14,29H,15-21,35H2,1-2H3/t29-/m0/s1. The molecular formula is C32H35F2N5O3. The number of hydrogen-bond acceptors (Lipinski definition) is 6. The van der Waals surface area contributed by atoms with Crippen LogP contribution in [0.1, 0.15) is 28.4 Å². The van der Waals surface area contributed by atoms with E-state index in [1.807, 2.05) is 59.5 Å². The molecule has 220 valence electrons. The first-order valence-corrected chi connectivity index (χ1v) is 13.9. The summed E-state index contributed by atoms with van der Waals surface area (Å²) in [5.74, 6) is -0.713. The molecule has 3 aromatic carbocycles. The van der Waals surface area contributed by atoms with E-state index >= 15 is 0 Å². The second kappa shape index (κ2) is 12.7. The third-order valence-electron chi connectivity index (χ3n) is 7.90. The van der Waals surface area contributed by atoms with E-state index in [9.17, 15) is 18.4 Å². The minimum Gasteiger partial charge on any atom is -0.497 e. The van der Waals surface area contributed by atoms with Crippen molar-refractivity contribution in [3.8, 4) is 5.75 Å². The summed E-state index contributed by atoms with van der Waals surface area (Å²) in [6, 6.07) is 20.1. The normalized spacial score (nSPS) is 14.6. The largest absolute Gasteiger partial charge is 0.497 e. The van der Waals surface area contributed by atoms with Crippen LogP contribution in [-0.4, -0.2) is 47.3 Å². The lowest BCUT2D eigenvalue weighted by atomic mass is 10.1. The fourth-order valence-corrected chi connectivity index (χ4v) is 5.46. The highest BCUT2D eigenvalue weighted by Gasteiger charge is 2.26. The summed E-state index contributed by atoms with van der Waals surface area (Å²) in [6.45, 7) is 4.44. The maximum atomic E-state index is 14.7. The van der Waals surface area contributed by atoms with Crippen molar-refractivity contribution >= 4 is 5.69 Å². The smallest absolute Gasteiger partial charge is 0.331 e. The van der Waals surface area contributed by atoms with Gasteiger partial charge in [0.2, 0.25) is 0 Å². The van der Waals surface area contributed by atoms with E-state index in [1.165, 1.54) is 10.6 Å². The number of aromatic nitrogens is 2. The van der Waals surface area contributed by atoms with Gasteiger partial charge in [-0.1, -0.05) is 48.5 Å². The lowest BCUT2D eigenvalue weighted by molar-refractivity contribution is 0.249. The van der Waals surface area contributed by atoms with E-state index in [1.54, 1.807) is 14.0 Å². The lowest BCUT2D eigenvalue weighted by Gasteiger charge is -2.37. The zero-order valence-corrected chi connectivity index (χ0v) is 23.8. The van der Waals surface area contributed by atoms with Crippen LogP contribution < -0.4 is 26.6 Å². The zero-order valence-electron chi connectivity index (χ0n) is 23.8. The van der Waals surface area contributed by atoms with Crippen LogP contribution in [0.3, 0.4) is 0 Å². The Kier molecular flexibility index (Phi) is 8.84. The van der Waals surface area contributed by atoms with Crippen molar-refractivity contribution < 1.29 is 13.5 Å². The van der Waals surface area contributed by atoms with Crippen molar-refractivity contribution in [3.05, 3.63) is 128 Å². The lowest BCUT2D eigenvalue weighted by Crippen LogP contribution is -2.51. The van der Waals surface area contributed by atoms with Gasteiger partial charge in [0.1, 0.15) is 23.1 Å². The van der Waals surface area contributed by atoms with Crippen LogP contribution in [0, 0.1) is 18.6 Å². The molecule has 0 unspecified atom stereocenters. The van der Waals surface area contributed by atoms with Crippen molar-refractivity contribution in [1.29, 1.82) is 0 Å². The third-order valence-corrected chi connectivity index (χ3v) is 7.90. The molecule has 0 aliphatic carbocycles. The fraction of sp³-hybridized carbons (Fsp3) is 0.312. The van der Waals surface area contributed by atoms with Crippen molar-refractivity contribution in [3.63, 3.8) is 0 Å². The van der Waals surface area contributed by atoms with Gasteiger partial charge in [-0.05, 0) is 42.3 Å². The van der Waals surface area contributed by atoms with Crippen molar-refractivity contribution in [1.82, 2.24) is 14.0 Å².